The van der Waals surface area contributed by atoms with Gasteiger partial charge in [-0.2, -0.15) is 0 Å². The summed E-state index contributed by atoms with van der Waals surface area (Å²) in [7, 11) is 0. The van der Waals surface area contributed by atoms with E-state index >= 15 is 0 Å². The summed E-state index contributed by atoms with van der Waals surface area (Å²) in [6.45, 7) is 2.20. The van der Waals surface area contributed by atoms with E-state index in [1.807, 2.05) is 0 Å². The molecule has 0 aromatic carbocycles. The molecule has 0 bridgehead atoms. The molecule has 0 amide bonds. The van der Waals surface area contributed by atoms with Gasteiger partial charge >= 0.3 is 0 Å². The molecule has 0 fully saturated rings. The topological polar surface area (TPSA) is 55.7 Å². The van der Waals surface area contributed by atoms with Gasteiger partial charge in [-0.1, -0.05) is 43.5 Å². The van der Waals surface area contributed by atoms with E-state index in [0.29, 0.717) is 10.8 Å². The van der Waals surface area contributed by atoms with Gasteiger partial charge in [0.15, 0.2) is 5.12 Å². The van der Waals surface area contributed by atoms with Crippen molar-refractivity contribution in [2.24, 2.45) is 0 Å². The Bertz CT molecular complexity index is 290. The van der Waals surface area contributed by atoms with E-state index in [0.717, 1.165) is 24.6 Å². The molecule has 0 spiro atoms. The van der Waals surface area contributed by atoms with Crippen LogP contribution in [0.4, 0.5) is 0 Å². The highest BCUT2D eigenvalue weighted by atomic mass is 32.2. The van der Waals surface area contributed by atoms with Crippen LogP contribution in [0.25, 0.3) is 0 Å². The molecule has 1 heterocycles. The molecule has 16 heavy (non-hydrogen) atoms. The predicted molar refractivity (Wildman–Crippen MR) is 66.6 cm³/mol. The van der Waals surface area contributed by atoms with E-state index in [1.54, 1.807) is 0 Å². The molecule has 0 aliphatic carbocycles. The first kappa shape index (κ1) is 13.6. The van der Waals surface area contributed by atoms with Crippen molar-refractivity contribution in [1.82, 2.24) is 14.8 Å². The van der Waals surface area contributed by atoms with Crippen molar-refractivity contribution < 1.29 is 4.79 Å². The SMILES string of the molecule is CCCCCCCCC(=O)Sc1nnns1. The summed E-state index contributed by atoms with van der Waals surface area (Å²) in [6.07, 6.45) is 7.88. The van der Waals surface area contributed by atoms with E-state index in [2.05, 4.69) is 21.7 Å². The average molecular weight is 259 g/mol. The van der Waals surface area contributed by atoms with Crippen LogP contribution in [0.2, 0.25) is 0 Å². The monoisotopic (exact) mass is 259 g/mol. The van der Waals surface area contributed by atoms with E-state index < -0.39 is 0 Å². The van der Waals surface area contributed by atoms with Crippen LogP contribution in [0.15, 0.2) is 4.34 Å². The van der Waals surface area contributed by atoms with E-state index in [-0.39, 0.29) is 5.12 Å². The van der Waals surface area contributed by atoms with Crippen LogP contribution in [-0.4, -0.2) is 19.9 Å². The van der Waals surface area contributed by atoms with Crippen molar-refractivity contribution in [2.45, 2.75) is 56.2 Å². The molecule has 0 radical (unpaired) electrons. The summed E-state index contributed by atoms with van der Waals surface area (Å²) in [4.78, 5) is 11.5. The van der Waals surface area contributed by atoms with Crippen molar-refractivity contribution >= 4 is 28.4 Å². The third kappa shape index (κ3) is 6.17. The first-order valence-electron chi connectivity index (χ1n) is 5.68. The third-order valence-corrected chi connectivity index (χ3v) is 3.77. The third-order valence-electron chi connectivity index (χ3n) is 2.22. The van der Waals surface area contributed by atoms with Crippen LogP contribution in [0.5, 0.6) is 0 Å². The lowest BCUT2D eigenvalue weighted by Crippen LogP contribution is -1.91. The number of carbonyl (C=O) groups excluding carboxylic acids is 1. The van der Waals surface area contributed by atoms with Gasteiger partial charge in [-0.05, 0) is 23.4 Å². The summed E-state index contributed by atoms with van der Waals surface area (Å²) < 4.78 is 4.26. The van der Waals surface area contributed by atoms with Gasteiger partial charge in [0.1, 0.15) is 0 Å². The Kier molecular flexibility index (Phi) is 7.33. The van der Waals surface area contributed by atoms with Gasteiger partial charge in [0.25, 0.3) is 0 Å². The fourth-order valence-corrected chi connectivity index (χ4v) is 2.63. The summed E-state index contributed by atoms with van der Waals surface area (Å²) in [5, 5.41) is 7.35. The minimum atomic E-state index is 0.175. The Balaban J connectivity index is 1.98. The van der Waals surface area contributed by atoms with Crippen molar-refractivity contribution in [3.05, 3.63) is 0 Å². The second-order valence-corrected chi connectivity index (χ2v) is 5.66. The standard InChI is InChI=1S/C10H17N3OS2/c1-2-3-4-5-6-7-8-9(14)15-10-11-12-13-16-10/h2-8H2,1H3. The minimum Gasteiger partial charge on any atom is -0.287 e. The van der Waals surface area contributed by atoms with Crippen LogP contribution in [-0.2, 0) is 4.79 Å². The molecule has 1 aromatic heterocycles. The van der Waals surface area contributed by atoms with Crippen LogP contribution in [0.3, 0.4) is 0 Å². The maximum atomic E-state index is 11.5. The molecule has 90 valence electrons. The van der Waals surface area contributed by atoms with Gasteiger partial charge in [0, 0.05) is 18.0 Å². The fourth-order valence-electron chi connectivity index (χ4n) is 1.36. The molecule has 0 aliphatic heterocycles. The average Bonchev–Trinajstić information content (AvgIpc) is 2.76. The lowest BCUT2D eigenvalue weighted by molar-refractivity contribution is -0.111. The molecule has 0 aliphatic rings. The van der Waals surface area contributed by atoms with Crippen molar-refractivity contribution in [1.29, 1.82) is 0 Å². The smallest absolute Gasteiger partial charge is 0.201 e. The molecular weight excluding hydrogens is 242 g/mol. The Morgan fingerprint density at radius 3 is 2.69 bits per heavy atom. The Labute approximate surface area is 104 Å². The molecule has 0 saturated carbocycles. The zero-order valence-corrected chi connectivity index (χ0v) is 11.1. The number of unbranched alkanes of at least 4 members (excludes halogenated alkanes) is 5. The first-order valence-corrected chi connectivity index (χ1v) is 7.27. The Hall–Kier alpha value is -0.490. The van der Waals surface area contributed by atoms with Crippen LogP contribution in [0.1, 0.15) is 51.9 Å². The highest BCUT2D eigenvalue weighted by Gasteiger charge is 2.07. The molecular formula is C10H17N3OS2. The molecule has 0 N–H and O–H groups in total. The molecule has 6 heteroatoms. The van der Waals surface area contributed by atoms with Crippen molar-refractivity contribution in [3.63, 3.8) is 0 Å². The number of hydrogen-bond acceptors (Lipinski definition) is 6. The minimum absolute atomic E-state index is 0.175. The van der Waals surface area contributed by atoms with Gasteiger partial charge in [0.05, 0.1) is 0 Å². The maximum Gasteiger partial charge on any atom is 0.201 e. The lowest BCUT2D eigenvalue weighted by Gasteiger charge is -1.99. The predicted octanol–water partition coefficient (Wildman–Crippen LogP) is 3.30. The zero-order valence-electron chi connectivity index (χ0n) is 9.52. The maximum absolute atomic E-state index is 11.5. The molecule has 0 saturated heterocycles. The quantitative estimate of drug-likeness (QED) is 0.529. The lowest BCUT2D eigenvalue weighted by atomic mass is 10.1. The molecule has 0 atom stereocenters. The number of hydrogen-bond donors (Lipinski definition) is 0. The van der Waals surface area contributed by atoms with Gasteiger partial charge in [-0.3, -0.25) is 4.79 Å². The summed E-state index contributed by atoms with van der Waals surface area (Å²) in [5.74, 6) is 0. The second kappa shape index (κ2) is 8.64. The molecule has 0 unspecified atom stereocenters. The van der Waals surface area contributed by atoms with Gasteiger partial charge < -0.3 is 0 Å². The van der Waals surface area contributed by atoms with E-state index in [9.17, 15) is 4.79 Å². The van der Waals surface area contributed by atoms with Gasteiger partial charge in [-0.25, -0.2) is 0 Å². The number of thioether (sulfide) groups is 1. The summed E-state index contributed by atoms with van der Waals surface area (Å²) in [5.41, 5.74) is 0. The number of aromatic nitrogens is 3. The summed E-state index contributed by atoms with van der Waals surface area (Å²) >= 11 is 2.33. The number of nitrogens with zero attached hydrogens (tertiary/aromatic N) is 3. The van der Waals surface area contributed by atoms with Crippen LogP contribution < -0.4 is 0 Å². The van der Waals surface area contributed by atoms with Crippen molar-refractivity contribution in [3.8, 4) is 0 Å². The van der Waals surface area contributed by atoms with Gasteiger partial charge in [0.2, 0.25) is 4.34 Å². The number of rotatable bonds is 8. The largest absolute Gasteiger partial charge is 0.287 e. The number of carbonyl (C=O) groups is 1. The zero-order chi connectivity index (χ0) is 11.6. The second-order valence-electron chi connectivity index (χ2n) is 3.62. The highest BCUT2D eigenvalue weighted by molar-refractivity contribution is 8.14. The van der Waals surface area contributed by atoms with Gasteiger partial charge in [-0.15, -0.1) is 5.10 Å². The Morgan fingerprint density at radius 1 is 1.25 bits per heavy atom. The molecule has 4 nitrogen and oxygen atoms in total. The summed E-state index contributed by atoms with van der Waals surface area (Å²) in [6, 6.07) is 0. The molecule has 1 rings (SSSR count). The first-order chi connectivity index (χ1) is 7.83. The fraction of sp³-hybridized carbons (Fsp3) is 0.800. The van der Waals surface area contributed by atoms with E-state index in [1.165, 1.54) is 37.2 Å². The Morgan fingerprint density at radius 2 is 2.00 bits per heavy atom. The van der Waals surface area contributed by atoms with Crippen molar-refractivity contribution in [2.75, 3.05) is 0 Å². The van der Waals surface area contributed by atoms with Crippen LogP contribution >= 0.6 is 23.3 Å². The van der Waals surface area contributed by atoms with E-state index in [4.69, 9.17) is 0 Å². The normalized spacial score (nSPS) is 10.6. The van der Waals surface area contributed by atoms with Crippen LogP contribution in [0, 0.1) is 0 Å². The molecule has 1 aromatic rings. The highest BCUT2D eigenvalue weighted by Crippen LogP contribution is 2.21.